The molecule has 0 atom stereocenters. The molecule has 0 saturated heterocycles. The molecule has 0 radical (unpaired) electrons. The van der Waals surface area contributed by atoms with Gasteiger partial charge >= 0.3 is 0 Å². The smallest absolute Gasteiger partial charge is 0.195 e. The van der Waals surface area contributed by atoms with E-state index >= 15 is 0 Å². The number of H-pyrrole nitrogens is 1. The van der Waals surface area contributed by atoms with E-state index in [-0.39, 0.29) is 0 Å². The van der Waals surface area contributed by atoms with Crippen molar-refractivity contribution in [1.29, 1.82) is 0 Å². The Morgan fingerprint density at radius 3 is 2.89 bits per heavy atom. The first-order valence-electron chi connectivity index (χ1n) is 6.31. The first kappa shape index (κ1) is 14.0. The van der Waals surface area contributed by atoms with E-state index in [9.17, 15) is 0 Å². The van der Waals surface area contributed by atoms with Gasteiger partial charge in [-0.25, -0.2) is 0 Å². The maximum absolute atomic E-state index is 5.25. The van der Waals surface area contributed by atoms with E-state index in [0.29, 0.717) is 11.4 Å². The Bertz CT molecular complexity index is 615. The fourth-order valence-electron chi connectivity index (χ4n) is 2.06. The topological polar surface area (TPSA) is 42.8 Å². The molecule has 0 unspecified atom stereocenters. The van der Waals surface area contributed by atoms with Crippen LogP contribution in [0.15, 0.2) is 18.2 Å². The average molecular weight is 277 g/mol. The highest BCUT2D eigenvalue weighted by atomic mass is 32.1. The minimum absolute atomic E-state index is 0.633. The van der Waals surface area contributed by atoms with Crippen molar-refractivity contribution in [2.24, 2.45) is 0 Å². The van der Waals surface area contributed by atoms with Gasteiger partial charge in [0.2, 0.25) is 0 Å². The van der Waals surface area contributed by atoms with Crippen LogP contribution in [0.1, 0.15) is 22.5 Å². The SMILES string of the molecule is COCCn1c(Cc2cc(C)ccc2C)n[nH]c1=S. The fourth-order valence-corrected chi connectivity index (χ4v) is 2.30. The number of nitrogens with zero attached hydrogens (tertiary/aromatic N) is 2. The van der Waals surface area contributed by atoms with E-state index in [1.807, 2.05) is 4.57 Å². The van der Waals surface area contributed by atoms with E-state index in [1.54, 1.807) is 7.11 Å². The van der Waals surface area contributed by atoms with Crippen LogP contribution in [0.3, 0.4) is 0 Å². The number of aromatic nitrogens is 3. The highest BCUT2D eigenvalue weighted by molar-refractivity contribution is 7.71. The van der Waals surface area contributed by atoms with Gasteiger partial charge in [-0.1, -0.05) is 23.8 Å². The standard InChI is InChI=1S/C14H19N3OS/c1-10-4-5-11(2)12(8-10)9-13-15-16-14(19)17(13)6-7-18-3/h4-5,8H,6-7,9H2,1-3H3,(H,16,19). The summed E-state index contributed by atoms with van der Waals surface area (Å²) in [5.41, 5.74) is 3.82. The van der Waals surface area contributed by atoms with E-state index in [4.69, 9.17) is 17.0 Å². The van der Waals surface area contributed by atoms with E-state index in [0.717, 1.165) is 18.8 Å². The quantitative estimate of drug-likeness (QED) is 0.855. The van der Waals surface area contributed by atoms with Crippen molar-refractivity contribution in [3.05, 3.63) is 45.5 Å². The minimum atomic E-state index is 0.633. The van der Waals surface area contributed by atoms with Crippen LogP contribution in [0.4, 0.5) is 0 Å². The number of ether oxygens (including phenoxy) is 1. The van der Waals surface area contributed by atoms with Crippen molar-refractivity contribution in [1.82, 2.24) is 14.8 Å². The number of nitrogens with one attached hydrogen (secondary N) is 1. The lowest BCUT2D eigenvalue weighted by molar-refractivity contribution is 0.186. The molecule has 19 heavy (non-hydrogen) atoms. The summed E-state index contributed by atoms with van der Waals surface area (Å²) in [6, 6.07) is 6.47. The van der Waals surface area contributed by atoms with Crippen LogP contribution in [-0.4, -0.2) is 28.5 Å². The second-order valence-corrected chi connectivity index (χ2v) is 5.08. The third kappa shape index (κ3) is 3.30. The van der Waals surface area contributed by atoms with Gasteiger partial charge in [0.15, 0.2) is 4.77 Å². The largest absolute Gasteiger partial charge is 0.383 e. The van der Waals surface area contributed by atoms with Crippen molar-refractivity contribution in [3.63, 3.8) is 0 Å². The Balaban J connectivity index is 2.28. The Kier molecular flexibility index (Phi) is 4.50. The molecule has 0 fully saturated rings. The molecule has 0 aliphatic rings. The van der Waals surface area contributed by atoms with Gasteiger partial charge in [0.25, 0.3) is 0 Å². The lowest BCUT2D eigenvalue weighted by atomic mass is 10.0. The van der Waals surface area contributed by atoms with E-state index in [2.05, 4.69) is 42.2 Å². The normalized spacial score (nSPS) is 10.9. The Hall–Kier alpha value is -1.46. The molecular weight excluding hydrogens is 258 g/mol. The molecule has 1 N–H and O–H groups in total. The summed E-state index contributed by atoms with van der Waals surface area (Å²) >= 11 is 5.25. The second-order valence-electron chi connectivity index (χ2n) is 4.70. The molecule has 1 aromatic heterocycles. The van der Waals surface area contributed by atoms with Crippen LogP contribution in [-0.2, 0) is 17.7 Å². The molecule has 1 heterocycles. The maximum Gasteiger partial charge on any atom is 0.195 e. The van der Waals surface area contributed by atoms with Gasteiger partial charge in [-0.05, 0) is 37.2 Å². The zero-order chi connectivity index (χ0) is 13.8. The highest BCUT2D eigenvalue weighted by Gasteiger charge is 2.08. The van der Waals surface area contributed by atoms with Gasteiger partial charge in [0, 0.05) is 20.1 Å². The first-order valence-corrected chi connectivity index (χ1v) is 6.72. The van der Waals surface area contributed by atoms with Crippen LogP contribution < -0.4 is 0 Å². The molecule has 5 heteroatoms. The summed E-state index contributed by atoms with van der Waals surface area (Å²) in [7, 11) is 1.69. The lowest BCUT2D eigenvalue weighted by Gasteiger charge is -2.09. The summed E-state index contributed by atoms with van der Waals surface area (Å²) in [6.07, 6.45) is 0.782. The Labute approximate surface area is 118 Å². The molecule has 0 spiro atoms. The summed E-state index contributed by atoms with van der Waals surface area (Å²) in [6.45, 7) is 5.58. The van der Waals surface area contributed by atoms with Crippen LogP contribution >= 0.6 is 12.2 Å². The van der Waals surface area contributed by atoms with E-state index in [1.165, 1.54) is 16.7 Å². The molecule has 0 aliphatic carbocycles. The minimum Gasteiger partial charge on any atom is -0.383 e. The number of methoxy groups -OCH3 is 1. The number of aromatic amines is 1. The molecule has 0 saturated carbocycles. The Morgan fingerprint density at radius 2 is 2.16 bits per heavy atom. The van der Waals surface area contributed by atoms with E-state index < -0.39 is 0 Å². The van der Waals surface area contributed by atoms with Gasteiger partial charge in [0.1, 0.15) is 5.82 Å². The number of benzene rings is 1. The van der Waals surface area contributed by atoms with Crippen molar-refractivity contribution < 1.29 is 4.74 Å². The predicted molar refractivity (Wildman–Crippen MR) is 78.0 cm³/mol. The monoisotopic (exact) mass is 277 g/mol. The van der Waals surface area contributed by atoms with Gasteiger partial charge in [-0.2, -0.15) is 5.10 Å². The zero-order valence-electron chi connectivity index (χ0n) is 11.6. The lowest BCUT2D eigenvalue weighted by Crippen LogP contribution is -2.09. The summed E-state index contributed by atoms with van der Waals surface area (Å²) < 4.78 is 7.76. The van der Waals surface area contributed by atoms with Crippen LogP contribution in [0.25, 0.3) is 0 Å². The number of hydrogen-bond acceptors (Lipinski definition) is 3. The third-order valence-corrected chi connectivity index (χ3v) is 3.52. The predicted octanol–water partition coefficient (Wildman–Crippen LogP) is 2.79. The zero-order valence-corrected chi connectivity index (χ0v) is 12.4. The van der Waals surface area contributed by atoms with Gasteiger partial charge in [-0.3, -0.25) is 5.10 Å². The summed E-state index contributed by atoms with van der Waals surface area (Å²) in [5.74, 6) is 0.954. The second kappa shape index (κ2) is 6.12. The summed E-state index contributed by atoms with van der Waals surface area (Å²) in [4.78, 5) is 0. The molecule has 0 bridgehead atoms. The molecule has 2 aromatic rings. The molecule has 102 valence electrons. The number of rotatable bonds is 5. The fraction of sp³-hybridized carbons (Fsp3) is 0.429. The highest BCUT2D eigenvalue weighted by Crippen LogP contribution is 2.15. The maximum atomic E-state index is 5.25. The number of aryl methyl sites for hydroxylation is 2. The molecule has 2 rings (SSSR count). The van der Waals surface area contributed by atoms with Crippen molar-refractivity contribution in [3.8, 4) is 0 Å². The van der Waals surface area contributed by atoms with Crippen molar-refractivity contribution >= 4 is 12.2 Å². The van der Waals surface area contributed by atoms with Crippen LogP contribution in [0, 0.1) is 18.6 Å². The van der Waals surface area contributed by atoms with Crippen LogP contribution in [0.2, 0.25) is 0 Å². The summed E-state index contributed by atoms with van der Waals surface area (Å²) in [5, 5.41) is 7.19. The molecule has 0 aliphatic heterocycles. The van der Waals surface area contributed by atoms with Crippen molar-refractivity contribution in [2.45, 2.75) is 26.8 Å². The van der Waals surface area contributed by atoms with Crippen LogP contribution in [0.5, 0.6) is 0 Å². The van der Waals surface area contributed by atoms with Gasteiger partial charge in [-0.15, -0.1) is 0 Å². The molecule has 1 aromatic carbocycles. The van der Waals surface area contributed by atoms with Crippen molar-refractivity contribution in [2.75, 3.05) is 13.7 Å². The number of hydrogen-bond donors (Lipinski definition) is 1. The van der Waals surface area contributed by atoms with Gasteiger partial charge < -0.3 is 9.30 Å². The van der Waals surface area contributed by atoms with Gasteiger partial charge in [0.05, 0.1) is 6.61 Å². The molecule has 4 nitrogen and oxygen atoms in total. The Morgan fingerprint density at radius 1 is 1.37 bits per heavy atom. The first-order chi connectivity index (χ1) is 9.11. The third-order valence-electron chi connectivity index (χ3n) is 3.21. The molecular formula is C14H19N3OS. The average Bonchev–Trinajstić information content (AvgIpc) is 2.72. The molecule has 0 amide bonds.